The van der Waals surface area contributed by atoms with Crippen LogP contribution in [-0.2, 0) is 0 Å². The Morgan fingerprint density at radius 2 is 1.84 bits per heavy atom. The summed E-state index contributed by atoms with van der Waals surface area (Å²) in [7, 11) is 0. The molecule has 3 rings (SSSR count). The van der Waals surface area contributed by atoms with Crippen molar-refractivity contribution < 1.29 is 0 Å². The first-order chi connectivity index (χ1) is 9.22. The predicted molar refractivity (Wildman–Crippen MR) is 81.1 cm³/mol. The Balaban J connectivity index is 1.98. The largest absolute Gasteiger partial charge is 0.338 e. The zero-order valence-corrected chi connectivity index (χ0v) is 11.3. The van der Waals surface area contributed by atoms with Gasteiger partial charge in [-0.25, -0.2) is 4.98 Å². The SMILES string of the molecule is C/C(=C\c1ccc(Cl)cc1)c1nc2ccccc2[nH]1. The number of imidazole rings is 1. The summed E-state index contributed by atoms with van der Waals surface area (Å²) in [6.07, 6.45) is 2.09. The maximum absolute atomic E-state index is 5.88. The molecule has 19 heavy (non-hydrogen) atoms. The molecular formula is C16H13ClN2. The van der Waals surface area contributed by atoms with Crippen molar-refractivity contribution in [3.8, 4) is 0 Å². The summed E-state index contributed by atoms with van der Waals surface area (Å²) < 4.78 is 0. The number of nitrogens with one attached hydrogen (secondary N) is 1. The van der Waals surface area contributed by atoms with Crippen molar-refractivity contribution in [2.75, 3.05) is 0 Å². The number of benzene rings is 2. The second-order valence-electron chi connectivity index (χ2n) is 4.48. The fourth-order valence-corrected chi connectivity index (χ4v) is 2.14. The lowest BCUT2D eigenvalue weighted by molar-refractivity contribution is 1.26. The molecular weight excluding hydrogens is 256 g/mol. The van der Waals surface area contributed by atoms with Gasteiger partial charge in [0.1, 0.15) is 5.82 Å². The standard InChI is InChI=1S/C16H13ClN2/c1-11(10-12-6-8-13(17)9-7-12)16-18-14-4-2-3-5-15(14)19-16/h2-10H,1H3,(H,18,19)/b11-10+. The van der Waals surface area contributed by atoms with Gasteiger partial charge in [-0.15, -0.1) is 0 Å². The lowest BCUT2D eigenvalue weighted by Crippen LogP contribution is -1.82. The van der Waals surface area contributed by atoms with E-state index in [4.69, 9.17) is 11.6 Å². The quantitative estimate of drug-likeness (QED) is 0.712. The molecule has 0 radical (unpaired) electrons. The maximum Gasteiger partial charge on any atom is 0.134 e. The van der Waals surface area contributed by atoms with Crippen LogP contribution in [0.25, 0.3) is 22.7 Å². The topological polar surface area (TPSA) is 28.7 Å². The number of hydrogen-bond donors (Lipinski definition) is 1. The van der Waals surface area contributed by atoms with Gasteiger partial charge in [0.15, 0.2) is 0 Å². The predicted octanol–water partition coefficient (Wildman–Crippen LogP) is 4.78. The van der Waals surface area contributed by atoms with E-state index in [-0.39, 0.29) is 0 Å². The van der Waals surface area contributed by atoms with E-state index in [9.17, 15) is 0 Å². The summed E-state index contributed by atoms with van der Waals surface area (Å²) >= 11 is 5.88. The average Bonchev–Trinajstić information content (AvgIpc) is 2.85. The van der Waals surface area contributed by atoms with Gasteiger partial charge in [-0.1, -0.05) is 35.9 Å². The van der Waals surface area contributed by atoms with Crippen LogP contribution >= 0.6 is 11.6 Å². The molecule has 0 unspecified atom stereocenters. The van der Waals surface area contributed by atoms with Crippen molar-refractivity contribution in [2.24, 2.45) is 0 Å². The first kappa shape index (κ1) is 12.0. The monoisotopic (exact) mass is 268 g/mol. The van der Waals surface area contributed by atoms with Gasteiger partial charge in [-0.3, -0.25) is 0 Å². The fourth-order valence-electron chi connectivity index (χ4n) is 2.02. The second-order valence-corrected chi connectivity index (χ2v) is 4.92. The smallest absolute Gasteiger partial charge is 0.134 e. The Bertz CT molecular complexity index is 706. The van der Waals surface area contributed by atoms with Crippen LogP contribution in [-0.4, -0.2) is 9.97 Å². The number of fused-ring (bicyclic) bond motifs is 1. The lowest BCUT2D eigenvalue weighted by Gasteiger charge is -1.98. The number of rotatable bonds is 2. The van der Waals surface area contributed by atoms with Gasteiger partial charge in [0.2, 0.25) is 0 Å². The number of hydrogen-bond acceptors (Lipinski definition) is 1. The van der Waals surface area contributed by atoms with Crippen LogP contribution in [0, 0.1) is 0 Å². The van der Waals surface area contributed by atoms with E-state index in [1.807, 2.05) is 55.5 Å². The van der Waals surface area contributed by atoms with Crippen LogP contribution in [0.5, 0.6) is 0 Å². The molecule has 0 amide bonds. The molecule has 1 N–H and O–H groups in total. The van der Waals surface area contributed by atoms with Crippen LogP contribution in [0.3, 0.4) is 0 Å². The normalized spacial score (nSPS) is 12.0. The number of H-pyrrole nitrogens is 1. The van der Waals surface area contributed by atoms with Crippen molar-refractivity contribution in [1.82, 2.24) is 9.97 Å². The number of nitrogens with zero attached hydrogens (tertiary/aromatic N) is 1. The molecule has 2 nitrogen and oxygen atoms in total. The van der Waals surface area contributed by atoms with Crippen LogP contribution in [0.1, 0.15) is 18.3 Å². The molecule has 0 spiro atoms. The summed E-state index contributed by atoms with van der Waals surface area (Å²) in [4.78, 5) is 7.90. The Morgan fingerprint density at radius 1 is 1.11 bits per heavy atom. The highest BCUT2D eigenvalue weighted by molar-refractivity contribution is 6.30. The molecule has 94 valence electrons. The minimum absolute atomic E-state index is 0.749. The Labute approximate surface area is 116 Å². The van der Waals surface area contributed by atoms with E-state index < -0.39 is 0 Å². The third-order valence-corrected chi connectivity index (χ3v) is 3.27. The highest BCUT2D eigenvalue weighted by atomic mass is 35.5. The molecule has 0 saturated heterocycles. The molecule has 1 aromatic heterocycles. The van der Waals surface area contributed by atoms with Gasteiger partial charge in [-0.05, 0) is 48.4 Å². The summed E-state index contributed by atoms with van der Waals surface area (Å²) in [6.45, 7) is 2.05. The highest BCUT2D eigenvalue weighted by Crippen LogP contribution is 2.19. The van der Waals surface area contributed by atoms with Crippen molar-refractivity contribution in [3.63, 3.8) is 0 Å². The van der Waals surface area contributed by atoms with E-state index in [2.05, 4.69) is 16.0 Å². The lowest BCUT2D eigenvalue weighted by atomic mass is 10.1. The zero-order chi connectivity index (χ0) is 13.2. The summed E-state index contributed by atoms with van der Waals surface area (Å²) in [6, 6.07) is 15.8. The van der Waals surface area contributed by atoms with Gasteiger partial charge in [-0.2, -0.15) is 0 Å². The van der Waals surface area contributed by atoms with E-state index in [0.29, 0.717) is 0 Å². The Hall–Kier alpha value is -2.06. The number of aromatic amines is 1. The molecule has 0 saturated carbocycles. The summed E-state index contributed by atoms with van der Waals surface area (Å²) in [5.74, 6) is 0.899. The number of allylic oxidation sites excluding steroid dienone is 1. The fraction of sp³-hybridized carbons (Fsp3) is 0.0625. The molecule has 1 heterocycles. The van der Waals surface area contributed by atoms with Gasteiger partial charge in [0.25, 0.3) is 0 Å². The summed E-state index contributed by atoms with van der Waals surface area (Å²) in [5, 5.41) is 0.749. The molecule has 0 bridgehead atoms. The molecule has 0 aliphatic heterocycles. The first-order valence-corrected chi connectivity index (χ1v) is 6.49. The number of aromatic nitrogens is 2. The molecule has 0 aliphatic rings. The van der Waals surface area contributed by atoms with E-state index in [1.165, 1.54) is 0 Å². The number of halogens is 1. The van der Waals surface area contributed by atoms with Crippen molar-refractivity contribution in [1.29, 1.82) is 0 Å². The van der Waals surface area contributed by atoms with E-state index >= 15 is 0 Å². The van der Waals surface area contributed by atoms with Gasteiger partial charge >= 0.3 is 0 Å². The van der Waals surface area contributed by atoms with Crippen LogP contribution in [0.2, 0.25) is 5.02 Å². The van der Waals surface area contributed by atoms with Crippen molar-refractivity contribution >= 4 is 34.3 Å². The Morgan fingerprint density at radius 3 is 2.58 bits per heavy atom. The first-order valence-electron chi connectivity index (χ1n) is 6.11. The average molecular weight is 269 g/mol. The van der Waals surface area contributed by atoms with E-state index in [0.717, 1.165) is 33.0 Å². The molecule has 0 atom stereocenters. The molecule has 3 heteroatoms. The van der Waals surface area contributed by atoms with Gasteiger partial charge < -0.3 is 4.98 Å². The number of para-hydroxylation sites is 2. The molecule has 0 fully saturated rings. The highest BCUT2D eigenvalue weighted by Gasteiger charge is 2.03. The van der Waals surface area contributed by atoms with Crippen LogP contribution < -0.4 is 0 Å². The van der Waals surface area contributed by atoms with Crippen molar-refractivity contribution in [2.45, 2.75) is 6.92 Å². The minimum atomic E-state index is 0.749. The zero-order valence-electron chi connectivity index (χ0n) is 10.5. The van der Waals surface area contributed by atoms with Crippen molar-refractivity contribution in [3.05, 3.63) is 64.9 Å². The van der Waals surface area contributed by atoms with E-state index in [1.54, 1.807) is 0 Å². The van der Waals surface area contributed by atoms with Gasteiger partial charge in [0, 0.05) is 5.02 Å². The third kappa shape index (κ3) is 2.54. The molecule has 2 aromatic carbocycles. The van der Waals surface area contributed by atoms with Crippen LogP contribution in [0.15, 0.2) is 48.5 Å². The molecule has 3 aromatic rings. The second kappa shape index (κ2) is 4.90. The maximum atomic E-state index is 5.88. The third-order valence-electron chi connectivity index (χ3n) is 3.02. The van der Waals surface area contributed by atoms with Gasteiger partial charge in [0.05, 0.1) is 11.0 Å². The summed E-state index contributed by atoms with van der Waals surface area (Å²) in [5.41, 5.74) is 4.25. The minimum Gasteiger partial charge on any atom is -0.338 e. The van der Waals surface area contributed by atoms with Crippen LogP contribution in [0.4, 0.5) is 0 Å². The molecule has 0 aliphatic carbocycles. The Kier molecular flexibility index (Phi) is 3.10.